The number of rotatable bonds is 5. The first-order valence-electron chi connectivity index (χ1n) is 7.03. The lowest BCUT2D eigenvalue weighted by Gasteiger charge is -2.05. The molecule has 23 heavy (non-hydrogen) atoms. The van der Waals surface area contributed by atoms with Crippen molar-refractivity contribution < 1.29 is 19.0 Å². The van der Waals surface area contributed by atoms with Crippen molar-refractivity contribution >= 4 is 11.6 Å². The summed E-state index contributed by atoms with van der Waals surface area (Å²) in [6.45, 7) is 0.287. The van der Waals surface area contributed by atoms with Gasteiger partial charge in [0.25, 0.3) is 0 Å². The summed E-state index contributed by atoms with van der Waals surface area (Å²) in [5, 5.41) is 0. The Morgan fingerprint density at radius 2 is 2.00 bits per heavy atom. The molecule has 0 fully saturated rings. The van der Waals surface area contributed by atoms with Crippen LogP contribution < -0.4 is 9.47 Å². The highest BCUT2D eigenvalue weighted by Gasteiger charge is 2.13. The summed E-state index contributed by atoms with van der Waals surface area (Å²) in [5.74, 6) is 1.00. The number of hydrogen-bond donors (Lipinski definition) is 0. The molecular weight excluding hydrogens is 296 g/mol. The molecule has 0 aliphatic carbocycles. The van der Waals surface area contributed by atoms with Crippen LogP contribution >= 0.6 is 0 Å². The van der Waals surface area contributed by atoms with Gasteiger partial charge in [-0.3, -0.25) is 0 Å². The van der Waals surface area contributed by atoms with Crippen LogP contribution in [0.3, 0.4) is 0 Å². The van der Waals surface area contributed by atoms with Crippen LogP contribution in [-0.4, -0.2) is 29.6 Å². The van der Waals surface area contributed by atoms with E-state index in [1.165, 1.54) is 7.11 Å². The molecule has 0 spiro atoms. The quantitative estimate of drug-likeness (QED) is 0.678. The zero-order chi connectivity index (χ0) is 16.2. The standard InChI is InChI=1S/C17H16N2O4/c1-21-13-5-3-6-14(9-13)23-11-12-10-19-8-4-7-15(16(19)18-12)17(20)22-2/h3-10H,11H2,1-2H3. The zero-order valence-corrected chi connectivity index (χ0v) is 12.9. The third kappa shape index (κ3) is 3.11. The van der Waals surface area contributed by atoms with Crippen LogP contribution in [0.25, 0.3) is 5.65 Å². The van der Waals surface area contributed by atoms with Crippen LogP contribution in [0.15, 0.2) is 48.8 Å². The van der Waals surface area contributed by atoms with E-state index in [9.17, 15) is 4.79 Å². The van der Waals surface area contributed by atoms with Gasteiger partial charge in [0.1, 0.15) is 23.7 Å². The summed E-state index contributed by atoms with van der Waals surface area (Å²) in [5.41, 5.74) is 1.68. The number of carbonyl (C=O) groups is 1. The molecule has 6 nitrogen and oxygen atoms in total. The van der Waals surface area contributed by atoms with Gasteiger partial charge >= 0.3 is 5.97 Å². The van der Waals surface area contributed by atoms with Gasteiger partial charge < -0.3 is 18.6 Å². The second kappa shape index (κ2) is 6.39. The van der Waals surface area contributed by atoms with Gasteiger partial charge in [-0.15, -0.1) is 0 Å². The predicted octanol–water partition coefficient (Wildman–Crippen LogP) is 2.71. The van der Waals surface area contributed by atoms with Crippen molar-refractivity contribution in [2.45, 2.75) is 6.61 Å². The van der Waals surface area contributed by atoms with Crippen molar-refractivity contribution in [3.05, 3.63) is 60.0 Å². The van der Waals surface area contributed by atoms with E-state index in [0.29, 0.717) is 22.7 Å². The maximum Gasteiger partial charge on any atom is 0.341 e. The third-order valence-corrected chi connectivity index (χ3v) is 3.37. The predicted molar refractivity (Wildman–Crippen MR) is 83.9 cm³/mol. The van der Waals surface area contributed by atoms with Gasteiger partial charge in [-0.25, -0.2) is 9.78 Å². The average Bonchev–Trinajstić information content (AvgIpc) is 3.02. The van der Waals surface area contributed by atoms with E-state index >= 15 is 0 Å². The van der Waals surface area contributed by atoms with Gasteiger partial charge in [-0.2, -0.15) is 0 Å². The van der Waals surface area contributed by atoms with Crippen molar-refractivity contribution in [2.75, 3.05) is 14.2 Å². The molecule has 0 aliphatic rings. The summed E-state index contributed by atoms with van der Waals surface area (Å²) in [7, 11) is 2.96. The van der Waals surface area contributed by atoms with E-state index < -0.39 is 5.97 Å². The molecule has 118 valence electrons. The Bertz CT molecular complexity index is 841. The van der Waals surface area contributed by atoms with Crippen LogP contribution in [-0.2, 0) is 11.3 Å². The first kappa shape index (κ1) is 14.9. The second-order valence-electron chi connectivity index (χ2n) is 4.84. The minimum atomic E-state index is -0.415. The lowest BCUT2D eigenvalue weighted by molar-refractivity contribution is 0.0602. The fraction of sp³-hybridized carbons (Fsp3) is 0.176. The van der Waals surface area contributed by atoms with Crippen molar-refractivity contribution in [1.29, 1.82) is 0 Å². The fourth-order valence-corrected chi connectivity index (χ4v) is 2.25. The van der Waals surface area contributed by atoms with Gasteiger partial charge in [0.15, 0.2) is 5.65 Å². The number of aromatic nitrogens is 2. The van der Waals surface area contributed by atoms with Crippen molar-refractivity contribution in [2.24, 2.45) is 0 Å². The molecule has 1 aromatic carbocycles. The van der Waals surface area contributed by atoms with E-state index in [0.717, 1.165) is 5.75 Å². The molecule has 3 rings (SSSR count). The molecule has 3 aromatic rings. The molecule has 0 aliphatic heterocycles. The zero-order valence-electron chi connectivity index (χ0n) is 12.9. The van der Waals surface area contributed by atoms with Gasteiger partial charge in [-0.05, 0) is 24.3 Å². The Labute approximate surface area is 133 Å². The number of nitrogens with zero attached hydrogens (tertiary/aromatic N) is 2. The Hall–Kier alpha value is -3.02. The maximum atomic E-state index is 11.8. The highest BCUT2D eigenvalue weighted by Crippen LogP contribution is 2.20. The number of fused-ring (bicyclic) bond motifs is 1. The number of imidazole rings is 1. The average molecular weight is 312 g/mol. The highest BCUT2D eigenvalue weighted by molar-refractivity contribution is 5.95. The van der Waals surface area contributed by atoms with E-state index in [1.807, 2.05) is 30.6 Å². The molecule has 0 unspecified atom stereocenters. The van der Waals surface area contributed by atoms with Crippen LogP contribution in [0, 0.1) is 0 Å². The molecule has 2 aromatic heterocycles. The van der Waals surface area contributed by atoms with Gasteiger partial charge in [-0.1, -0.05) is 6.07 Å². The van der Waals surface area contributed by atoms with E-state index in [4.69, 9.17) is 14.2 Å². The van der Waals surface area contributed by atoms with Crippen LogP contribution in [0.1, 0.15) is 16.1 Å². The van der Waals surface area contributed by atoms with Gasteiger partial charge in [0, 0.05) is 18.5 Å². The lowest BCUT2D eigenvalue weighted by Crippen LogP contribution is -2.03. The molecule has 2 heterocycles. The third-order valence-electron chi connectivity index (χ3n) is 3.37. The Morgan fingerprint density at radius 1 is 1.17 bits per heavy atom. The van der Waals surface area contributed by atoms with Crippen LogP contribution in [0.2, 0.25) is 0 Å². The molecule has 0 saturated heterocycles. The smallest absolute Gasteiger partial charge is 0.341 e. The number of pyridine rings is 1. The fourth-order valence-electron chi connectivity index (χ4n) is 2.25. The number of benzene rings is 1. The summed E-state index contributed by atoms with van der Waals surface area (Å²) in [6, 6.07) is 10.8. The summed E-state index contributed by atoms with van der Waals surface area (Å²) in [6.07, 6.45) is 3.64. The van der Waals surface area contributed by atoms with Crippen molar-refractivity contribution in [1.82, 2.24) is 9.38 Å². The topological polar surface area (TPSA) is 62.1 Å². The highest BCUT2D eigenvalue weighted by atomic mass is 16.5. The second-order valence-corrected chi connectivity index (χ2v) is 4.84. The molecule has 0 amide bonds. The molecule has 0 bridgehead atoms. The normalized spacial score (nSPS) is 10.5. The summed E-state index contributed by atoms with van der Waals surface area (Å²) in [4.78, 5) is 16.2. The van der Waals surface area contributed by atoms with Crippen LogP contribution in [0.5, 0.6) is 11.5 Å². The number of ether oxygens (including phenoxy) is 3. The number of methoxy groups -OCH3 is 2. The number of hydrogen-bond acceptors (Lipinski definition) is 5. The van der Waals surface area contributed by atoms with Crippen molar-refractivity contribution in [3.63, 3.8) is 0 Å². The minimum Gasteiger partial charge on any atom is -0.497 e. The number of carbonyl (C=O) groups excluding carboxylic acids is 1. The molecule has 0 N–H and O–H groups in total. The molecule has 0 saturated carbocycles. The molecule has 0 atom stereocenters. The first-order chi connectivity index (χ1) is 11.2. The lowest BCUT2D eigenvalue weighted by atomic mass is 10.3. The Kier molecular flexibility index (Phi) is 4.14. The molecule has 0 radical (unpaired) electrons. The van der Waals surface area contributed by atoms with Crippen molar-refractivity contribution in [3.8, 4) is 11.5 Å². The Morgan fingerprint density at radius 3 is 2.78 bits per heavy atom. The van der Waals surface area contributed by atoms with Crippen LogP contribution in [0.4, 0.5) is 0 Å². The SMILES string of the molecule is COC(=O)c1cccn2cc(COc3cccc(OC)c3)nc12. The maximum absolute atomic E-state index is 11.8. The monoisotopic (exact) mass is 312 g/mol. The largest absolute Gasteiger partial charge is 0.497 e. The Balaban J connectivity index is 1.82. The van der Waals surface area contributed by atoms with Gasteiger partial charge in [0.05, 0.1) is 19.9 Å². The molecular formula is C17H16N2O4. The first-order valence-corrected chi connectivity index (χ1v) is 7.03. The summed E-state index contributed by atoms with van der Waals surface area (Å²) < 4.78 is 17.4. The number of esters is 1. The van der Waals surface area contributed by atoms with E-state index in [2.05, 4.69) is 4.98 Å². The molecule has 6 heteroatoms. The summed E-state index contributed by atoms with van der Waals surface area (Å²) >= 11 is 0. The van der Waals surface area contributed by atoms with Gasteiger partial charge in [0.2, 0.25) is 0 Å². The van der Waals surface area contributed by atoms with E-state index in [1.54, 1.807) is 29.7 Å². The minimum absolute atomic E-state index is 0.287. The van der Waals surface area contributed by atoms with E-state index in [-0.39, 0.29) is 6.61 Å².